The molecule has 0 aromatic carbocycles. The Morgan fingerprint density at radius 2 is 2.06 bits per heavy atom. The summed E-state index contributed by atoms with van der Waals surface area (Å²) in [6, 6.07) is -0.468. The second-order valence-electron chi connectivity index (χ2n) is 4.85. The summed E-state index contributed by atoms with van der Waals surface area (Å²) in [6.07, 6.45) is 2.83. The summed E-state index contributed by atoms with van der Waals surface area (Å²) in [5.74, 6) is -0.0392. The van der Waals surface area contributed by atoms with E-state index in [0.717, 1.165) is 32.4 Å². The molecular formula is C12H24N2O2. The van der Waals surface area contributed by atoms with E-state index in [2.05, 4.69) is 11.9 Å². The van der Waals surface area contributed by atoms with Crippen molar-refractivity contribution in [2.75, 3.05) is 20.1 Å². The summed E-state index contributed by atoms with van der Waals surface area (Å²) in [4.78, 5) is 14.0. The second kappa shape index (κ2) is 6.21. The van der Waals surface area contributed by atoms with Crippen LogP contribution in [-0.2, 0) is 9.53 Å². The maximum atomic E-state index is 11.7. The van der Waals surface area contributed by atoms with E-state index in [9.17, 15) is 4.79 Å². The van der Waals surface area contributed by atoms with E-state index in [4.69, 9.17) is 10.5 Å². The lowest BCUT2D eigenvalue weighted by atomic mass is 10.00. The Morgan fingerprint density at radius 3 is 2.56 bits per heavy atom. The fourth-order valence-electron chi connectivity index (χ4n) is 1.83. The molecule has 1 fully saturated rings. The Bertz CT molecular complexity index is 225. The minimum Gasteiger partial charge on any atom is -0.461 e. The monoisotopic (exact) mass is 228 g/mol. The van der Waals surface area contributed by atoms with Crippen molar-refractivity contribution in [3.8, 4) is 0 Å². The fourth-order valence-corrected chi connectivity index (χ4v) is 1.83. The molecule has 1 aliphatic heterocycles. The molecule has 94 valence electrons. The summed E-state index contributed by atoms with van der Waals surface area (Å²) in [5.41, 5.74) is 5.83. The zero-order valence-corrected chi connectivity index (χ0v) is 10.6. The molecule has 2 N–H and O–H groups in total. The Hall–Kier alpha value is -0.610. The molecule has 2 unspecified atom stereocenters. The van der Waals surface area contributed by atoms with Crippen LogP contribution in [0.15, 0.2) is 0 Å². The third-order valence-corrected chi connectivity index (χ3v) is 3.48. The standard InChI is InChI=1S/C12H24N2O2/c1-4-9(2)11(13)12(15)16-10-5-7-14(3)8-6-10/h9-11H,4-8,13H2,1-3H3. The maximum Gasteiger partial charge on any atom is 0.323 e. The molecule has 1 heterocycles. The van der Waals surface area contributed by atoms with Crippen molar-refractivity contribution < 1.29 is 9.53 Å². The summed E-state index contributed by atoms with van der Waals surface area (Å²) >= 11 is 0. The predicted molar refractivity (Wildman–Crippen MR) is 64.0 cm³/mol. The summed E-state index contributed by atoms with van der Waals surface area (Å²) < 4.78 is 5.43. The second-order valence-corrected chi connectivity index (χ2v) is 4.85. The lowest BCUT2D eigenvalue weighted by Crippen LogP contribution is -2.42. The smallest absolute Gasteiger partial charge is 0.323 e. The third-order valence-electron chi connectivity index (χ3n) is 3.48. The van der Waals surface area contributed by atoms with E-state index >= 15 is 0 Å². The van der Waals surface area contributed by atoms with Crippen LogP contribution in [0.1, 0.15) is 33.1 Å². The lowest BCUT2D eigenvalue weighted by molar-refractivity contribution is -0.154. The average Bonchev–Trinajstić information content (AvgIpc) is 2.30. The Morgan fingerprint density at radius 1 is 1.50 bits per heavy atom. The Kier molecular flexibility index (Phi) is 5.22. The van der Waals surface area contributed by atoms with Crippen molar-refractivity contribution in [3.63, 3.8) is 0 Å². The first-order valence-electron chi connectivity index (χ1n) is 6.19. The van der Waals surface area contributed by atoms with Gasteiger partial charge >= 0.3 is 5.97 Å². The van der Waals surface area contributed by atoms with E-state index in [1.54, 1.807) is 0 Å². The van der Waals surface area contributed by atoms with Gasteiger partial charge in [0.25, 0.3) is 0 Å². The van der Waals surface area contributed by atoms with E-state index in [1.807, 2.05) is 13.8 Å². The van der Waals surface area contributed by atoms with E-state index in [-0.39, 0.29) is 18.0 Å². The van der Waals surface area contributed by atoms with E-state index in [0.29, 0.717) is 0 Å². The number of carbonyl (C=O) groups excluding carboxylic acids is 1. The molecule has 16 heavy (non-hydrogen) atoms. The normalized spacial score (nSPS) is 22.8. The van der Waals surface area contributed by atoms with Gasteiger partial charge in [0, 0.05) is 13.1 Å². The Balaban J connectivity index is 2.33. The van der Waals surface area contributed by atoms with Gasteiger partial charge in [-0.1, -0.05) is 20.3 Å². The van der Waals surface area contributed by atoms with Gasteiger partial charge in [0.15, 0.2) is 0 Å². The van der Waals surface area contributed by atoms with Crippen LogP contribution in [0.25, 0.3) is 0 Å². The van der Waals surface area contributed by atoms with Crippen molar-refractivity contribution in [2.45, 2.75) is 45.3 Å². The van der Waals surface area contributed by atoms with Crippen LogP contribution >= 0.6 is 0 Å². The molecule has 0 aromatic rings. The van der Waals surface area contributed by atoms with Gasteiger partial charge in [-0.05, 0) is 25.8 Å². The van der Waals surface area contributed by atoms with Crippen LogP contribution in [0.5, 0.6) is 0 Å². The van der Waals surface area contributed by atoms with E-state index < -0.39 is 6.04 Å². The van der Waals surface area contributed by atoms with Crippen molar-refractivity contribution >= 4 is 5.97 Å². The molecule has 0 spiro atoms. The number of carbonyl (C=O) groups is 1. The number of ether oxygens (including phenoxy) is 1. The number of hydrogen-bond acceptors (Lipinski definition) is 4. The van der Waals surface area contributed by atoms with Crippen molar-refractivity contribution in [2.24, 2.45) is 11.7 Å². The van der Waals surface area contributed by atoms with Crippen molar-refractivity contribution in [1.82, 2.24) is 4.90 Å². The molecule has 0 radical (unpaired) electrons. The average molecular weight is 228 g/mol. The molecule has 4 heteroatoms. The van der Waals surface area contributed by atoms with Crippen LogP contribution < -0.4 is 5.73 Å². The van der Waals surface area contributed by atoms with Gasteiger partial charge in [-0.15, -0.1) is 0 Å². The minimum absolute atomic E-state index is 0.0683. The van der Waals surface area contributed by atoms with Crippen molar-refractivity contribution in [3.05, 3.63) is 0 Å². The predicted octanol–water partition coefficient (Wildman–Crippen LogP) is 0.997. The molecule has 1 aliphatic rings. The summed E-state index contributed by atoms with van der Waals surface area (Å²) in [7, 11) is 2.09. The number of esters is 1. The van der Waals surface area contributed by atoms with Gasteiger partial charge in [-0.2, -0.15) is 0 Å². The number of rotatable bonds is 4. The van der Waals surface area contributed by atoms with Crippen LogP contribution in [0.3, 0.4) is 0 Å². The number of piperidine rings is 1. The van der Waals surface area contributed by atoms with Crippen LogP contribution in [0.2, 0.25) is 0 Å². The van der Waals surface area contributed by atoms with Gasteiger partial charge < -0.3 is 15.4 Å². The number of hydrogen-bond donors (Lipinski definition) is 1. The molecule has 1 rings (SSSR count). The van der Waals surface area contributed by atoms with Gasteiger partial charge in [0.2, 0.25) is 0 Å². The van der Waals surface area contributed by atoms with Gasteiger partial charge in [0.1, 0.15) is 12.1 Å². The highest BCUT2D eigenvalue weighted by atomic mass is 16.5. The highest BCUT2D eigenvalue weighted by Gasteiger charge is 2.26. The largest absolute Gasteiger partial charge is 0.461 e. The SMILES string of the molecule is CCC(C)C(N)C(=O)OC1CCN(C)CC1. The van der Waals surface area contributed by atoms with Gasteiger partial charge in [0.05, 0.1) is 0 Å². The summed E-state index contributed by atoms with van der Waals surface area (Å²) in [6.45, 7) is 6.01. The molecule has 0 saturated carbocycles. The van der Waals surface area contributed by atoms with Crippen LogP contribution in [-0.4, -0.2) is 43.2 Å². The number of nitrogens with zero attached hydrogens (tertiary/aromatic N) is 1. The molecule has 0 amide bonds. The first kappa shape index (κ1) is 13.5. The topological polar surface area (TPSA) is 55.6 Å². The number of likely N-dealkylation sites (tertiary alicyclic amines) is 1. The highest BCUT2D eigenvalue weighted by Crippen LogP contribution is 2.14. The van der Waals surface area contributed by atoms with Crippen molar-refractivity contribution in [1.29, 1.82) is 0 Å². The lowest BCUT2D eigenvalue weighted by Gasteiger charge is -2.29. The number of nitrogens with two attached hydrogens (primary N) is 1. The first-order valence-corrected chi connectivity index (χ1v) is 6.19. The zero-order chi connectivity index (χ0) is 12.1. The summed E-state index contributed by atoms with van der Waals surface area (Å²) in [5, 5.41) is 0. The highest BCUT2D eigenvalue weighted by molar-refractivity contribution is 5.76. The molecule has 0 aliphatic carbocycles. The molecule has 0 aromatic heterocycles. The molecule has 1 saturated heterocycles. The zero-order valence-electron chi connectivity index (χ0n) is 10.6. The minimum atomic E-state index is -0.468. The molecule has 2 atom stereocenters. The first-order chi connectivity index (χ1) is 7.54. The quantitative estimate of drug-likeness (QED) is 0.729. The Labute approximate surface area is 98.1 Å². The fraction of sp³-hybridized carbons (Fsp3) is 0.917. The maximum absolute atomic E-state index is 11.7. The molecular weight excluding hydrogens is 204 g/mol. The molecule has 0 bridgehead atoms. The van der Waals surface area contributed by atoms with E-state index in [1.165, 1.54) is 0 Å². The van der Waals surface area contributed by atoms with Gasteiger partial charge in [-0.25, -0.2) is 0 Å². The van der Waals surface area contributed by atoms with Crippen LogP contribution in [0.4, 0.5) is 0 Å². The third kappa shape index (κ3) is 3.76. The van der Waals surface area contributed by atoms with Gasteiger partial charge in [-0.3, -0.25) is 4.79 Å². The molecule has 4 nitrogen and oxygen atoms in total. The van der Waals surface area contributed by atoms with Crippen LogP contribution in [0, 0.1) is 5.92 Å².